The number of carbonyl (C=O) groups excluding carboxylic acids is 2. The smallest absolute Gasteiger partial charge is 0.290 e. The number of carbonyl (C=O) groups is 3. The van der Waals surface area contributed by atoms with Gasteiger partial charge in [-0.1, -0.05) is 0 Å². The number of hydrogen-bond donors (Lipinski definition) is 2. The maximum atomic E-state index is 11.9. The molecule has 3 N–H and O–H groups in total. The van der Waals surface area contributed by atoms with Crippen LogP contribution in [0.15, 0.2) is 24.4 Å². The summed E-state index contributed by atoms with van der Waals surface area (Å²) >= 11 is 0. The molecule has 2 aromatic rings. The van der Waals surface area contributed by atoms with Crippen LogP contribution in [0.4, 0.5) is 0 Å². The molecule has 0 unspecified atom stereocenters. The quantitative estimate of drug-likeness (QED) is 0.659. The lowest BCUT2D eigenvalue weighted by molar-refractivity contribution is -0.129. The number of nitrogens with two attached hydrogens (primary N) is 1. The molecule has 0 radical (unpaired) electrons. The molecular weight excluding hydrogens is 404 g/mol. The fourth-order valence-electron chi connectivity index (χ4n) is 3.20. The van der Waals surface area contributed by atoms with Crippen LogP contribution in [-0.4, -0.2) is 58.6 Å². The molecule has 2 amide bonds. The van der Waals surface area contributed by atoms with Crippen LogP contribution in [0.2, 0.25) is 0 Å². The normalized spacial score (nSPS) is 15.0. The SMILES string of the molecule is CC(C)Oc1cc2c(O[C@@H]3CCN(C(=O)CC#N)C3)nccc2cc1C(N)=O.O=CO. The molecule has 1 fully saturated rings. The molecule has 10 nitrogen and oxygen atoms in total. The van der Waals surface area contributed by atoms with E-state index < -0.39 is 5.91 Å². The van der Waals surface area contributed by atoms with Crippen molar-refractivity contribution < 1.29 is 29.0 Å². The van der Waals surface area contributed by atoms with Gasteiger partial charge in [0.2, 0.25) is 11.8 Å². The molecule has 0 spiro atoms. The number of carboxylic acid groups (broad SMARTS) is 1. The lowest BCUT2D eigenvalue weighted by atomic mass is 10.1. The molecule has 0 saturated carbocycles. The average Bonchev–Trinajstić information content (AvgIpc) is 3.17. The highest BCUT2D eigenvalue weighted by Crippen LogP contribution is 2.32. The van der Waals surface area contributed by atoms with Crippen molar-refractivity contribution in [2.75, 3.05) is 13.1 Å². The lowest BCUT2D eigenvalue weighted by Crippen LogP contribution is -2.30. The number of ether oxygens (including phenoxy) is 2. The van der Waals surface area contributed by atoms with Gasteiger partial charge in [0.05, 0.1) is 24.3 Å². The van der Waals surface area contributed by atoms with E-state index in [-0.39, 0.29) is 31.0 Å². The van der Waals surface area contributed by atoms with E-state index in [9.17, 15) is 9.59 Å². The molecule has 0 aliphatic carbocycles. The minimum Gasteiger partial charge on any atom is -0.490 e. The monoisotopic (exact) mass is 428 g/mol. The zero-order valence-electron chi connectivity index (χ0n) is 17.3. The standard InChI is InChI=1S/C20H22N4O4.CH2O2/c1-12(2)27-17-10-15-13(9-16(17)19(22)26)4-7-23-20(15)28-14-5-8-24(11-14)18(25)3-6-21;2-1-3/h4,7,9-10,12,14H,3,5,8,11H2,1-2H3,(H2,22,26);1H,(H,2,3)/t14-;/m1./s1. The Labute approximate surface area is 179 Å². The molecule has 1 aromatic heterocycles. The van der Waals surface area contributed by atoms with Gasteiger partial charge in [-0.05, 0) is 37.4 Å². The van der Waals surface area contributed by atoms with E-state index in [4.69, 9.17) is 30.4 Å². The first-order valence-electron chi connectivity index (χ1n) is 9.59. The van der Waals surface area contributed by atoms with E-state index in [1.54, 1.807) is 29.3 Å². The van der Waals surface area contributed by atoms with Gasteiger partial charge >= 0.3 is 0 Å². The molecule has 1 atom stereocenters. The zero-order chi connectivity index (χ0) is 23.0. The number of nitrogens with zero attached hydrogens (tertiary/aromatic N) is 3. The van der Waals surface area contributed by atoms with E-state index in [0.29, 0.717) is 42.1 Å². The van der Waals surface area contributed by atoms with Crippen LogP contribution in [0.3, 0.4) is 0 Å². The van der Waals surface area contributed by atoms with Crippen molar-refractivity contribution in [1.82, 2.24) is 9.88 Å². The fourth-order valence-corrected chi connectivity index (χ4v) is 3.20. The maximum Gasteiger partial charge on any atom is 0.290 e. The summed E-state index contributed by atoms with van der Waals surface area (Å²) in [5.74, 6) is 0.0178. The van der Waals surface area contributed by atoms with Crippen LogP contribution in [0.5, 0.6) is 11.6 Å². The first kappa shape index (κ1) is 23.4. The van der Waals surface area contributed by atoms with E-state index >= 15 is 0 Å². The highest BCUT2D eigenvalue weighted by molar-refractivity contribution is 6.01. The highest BCUT2D eigenvalue weighted by atomic mass is 16.5. The summed E-state index contributed by atoms with van der Waals surface area (Å²) in [4.78, 5) is 38.0. The van der Waals surface area contributed by atoms with Crippen LogP contribution in [0.1, 0.15) is 37.0 Å². The second kappa shape index (κ2) is 10.8. The summed E-state index contributed by atoms with van der Waals surface area (Å²) in [6.45, 7) is 4.43. The van der Waals surface area contributed by atoms with E-state index in [2.05, 4.69) is 4.98 Å². The molecule has 0 bridgehead atoms. The molecule has 1 aliphatic heterocycles. The average molecular weight is 428 g/mol. The number of primary amides is 1. The Hall–Kier alpha value is -3.87. The topological polar surface area (TPSA) is 156 Å². The second-order valence-corrected chi connectivity index (χ2v) is 7.03. The van der Waals surface area contributed by atoms with Gasteiger partial charge in [0.25, 0.3) is 12.4 Å². The third kappa shape index (κ3) is 6.05. The molecule has 31 heavy (non-hydrogen) atoms. The Morgan fingerprint density at radius 3 is 2.77 bits per heavy atom. The molecule has 164 valence electrons. The van der Waals surface area contributed by atoms with Gasteiger partial charge in [-0.2, -0.15) is 5.26 Å². The number of rotatable bonds is 6. The van der Waals surface area contributed by atoms with Crippen molar-refractivity contribution in [1.29, 1.82) is 5.26 Å². The molecule has 1 aliphatic rings. The third-order valence-corrected chi connectivity index (χ3v) is 4.46. The zero-order valence-corrected chi connectivity index (χ0v) is 17.3. The van der Waals surface area contributed by atoms with Gasteiger partial charge in [0.15, 0.2) is 0 Å². The number of fused-ring (bicyclic) bond motifs is 1. The Bertz CT molecular complexity index is 1000. The second-order valence-electron chi connectivity index (χ2n) is 7.03. The summed E-state index contributed by atoms with van der Waals surface area (Å²) in [7, 11) is 0. The van der Waals surface area contributed by atoms with Gasteiger partial charge < -0.3 is 25.2 Å². The van der Waals surface area contributed by atoms with Crippen molar-refractivity contribution in [3.8, 4) is 17.7 Å². The molecule has 2 heterocycles. The van der Waals surface area contributed by atoms with Crippen LogP contribution in [-0.2, 0) is 9.59 Å². The van der Waals surface area contributed by atoms with Crippen LogP contribution < -0.4 is 15.2 Å². The summed E-state index contributed by atoms with van der Waals surface area (Å²) in [6.07, 6.45) is 1.77. The number of aromatic nitrogens is 1. The number of likely N-dealkylation sites (tertiary alicyclic amines) is 1. The Balaban J connectivity index is 0.00000107. The number of amides is 2. The van der Waals surface area contributed by atoms with Gasteiger partial charge in [-0.25, -0.2) is 4.98 Å². The van der Waals surface area contributed by atoms with E-state index in [0.717, 1.165) is 5.39 Å². The summed E-state index contributed by atoms with van der Waals surface area (Å²) in [6, 6.07) is 7.02. The summed E-state index contributed by atoms with van der Waals surface area (Å²) in [5.41, 5.74) is 5.79. The molecular formula is C21H24N4O6. The molecule has 3 rings (SSSR count). The first-order valence-corrected chi connectivity index (χ1v) is 9.59. The summed E-state index contributed by atoms with van der Waals surface area (Å²) in [5, 5.41) is 17.0. The number of pyridine rings is 1. The Morgan fingerprint density at radius 2 is 2.16 bits per heavy atom. The van der Waals surface area contributed by atoms with Crippen LogP contribution in [0, 0.1) is 11.3 Å². The first-order chi connectivity index (χ1) is 14.8. The minimum atomic E-state index is -0.570. The predicted molar refractivity (Wildman–Crippen MR) is 111 cm³/mol. The summed E-state index contributed by atoms with van der Waals surface area (Å²) < 4.78 is 11.8. The van der Waals surface area contributed by atoms with Crippen LogP contribution >= 0.6 is 0 Å². The van der Waals surface area contributed by atoms with Gasteiger partial charge in [-0.3, -0.25) is 14.4 Å². The lowest BCUT2D eigenvalue weighted by Gasteiger charge is -2.18. The molecule has 1 aromatic carbocycles. The van der Waals surface area contributed by atoms with Crippen molar-refractivity contribution in [3.63, 3.8) is 0 Å². The van der Waals surface area contributed by atoms with Crippen LogP contribution in [0.25, 0.3) is 10.8 Å². The molecule has 10 heteroatoms. The van der Waals surface area contributed by atoms with Crippen molar-refractivity contribution >= 4 is 29.1 Å². The number of hydrogen-bond acceptors (Lipinski definition) is 7. The highest BCUT2D eigenvalue weighted by Gasteiger charge is 2.28. The molecule has 1 saturated heterocycles. The minimum absolute atomic E-state index is 0.133. The largest absolute Gasteiger partial charge is 0.490 e. The predicted octanol–water partition coefficient (Wildman–Crippen LogP) is 1.72. The Kier molecular flexibility index (Phi) is 8.14. The third-order valence-electron chi connectivity index (χ3n) is 4.46. The maximum absolute atomic E-state index is 11.9. The van der Waals surface area contributed by atoms with Gasteiger partial charge in [0.1, 0.15) is 18.3 Å². The van der Waals surface area contributed by atoms with Gasteiger partial charge in [-0.15, -0.1) is 0 Å². The van der Waals surface area contributed by atoms with Crippen molar-refractivity contribution in [2.45, 2.75) is 38.9 Å². The van der Waals surface area contributed by atoms with Crippen molar-refractivity contribution in [2.24, 2.45) is 5.73 Å². The fraction of sp³-hybridized carbons (Fsp3) is 0.381. The van der Waals surface area contributed by atoms with Crippen molar-refractivity contribution in [3.05, 3.63) is 30.0 Å². The van der Waals surface area contributed by atoms with E-state index in [1.165, 1.54) is 0 Å². The number of benzene rings is 1. The number of nitriles is 1. The van der Waals surface area contributed by atoms with E-state index in [1.807, 2.05) is 19.9 Å². The Morgan fingerprint density at radius 1 is 1.45 bits per heavy atom. The van der Waals surface area contributed by atoms with Gasteiger partial charge in [0, 0.05) is 24.5 Å².